The van der Waals surface area contributed by atoms with E-state index in [2.05, 4.69) is 41.7 Å². The molecule has 0 heterocycles. The molecule has 0 saturated heterocycles. The average Bonchev–Trinajstić information content (AvgIpc) is 2.09. The summed E-state index contributed by atoms with van der Waals surface area (Å²) >= 11 is 3.18. The van der Waals surface area contributed by atoms with Crippen LogP contribution in [0.4, 0.5) is 0 Å². The maximum atomic E-state index is 10.7. The van der Waals surface area contributed by atoms with Crippen molar-refractivity contribution >= 4 is 22.1 Å². The third-order valence-electron chi connectivity index (χ3n) is 1.67. The highest BCUT2D eigenvalue weighted by Gasteiger charge is 2.14. The highest BCUT2D eigenvalue weighted by molar-refractivity contribution is 9.09. The van der Waals surface area contributed by atoms with Crippen molar-refractivity contribution in [1.82, 2.24) is 0 Å². The van der Waals surface area contributed by atoms with Gasteiger partial charge in [0.25, 0.3) is 0 Å². The Morgan fingerprint density at radius 1 is 1.53 bits per heavy atom. The molecule has 0 radical (unpaired) electrons. The monoisotopic (exact) mass is 276 g/mol. The number of hydrogen-bond donors (Lipinski definition) is 0. The Morgan fingerprint density at radius 2 is 2.07 bits per heavy atom. The fraction of sp³-hybridized carbons (Fsp3) is 0.700. The molecular weight excluding hydrogens is 260 g/mol. The normalized spacial score (nSPS) is 14.2. The van der Waals surface area contributed by atoms with Crippen LogP contribution in [0.1, 0.15) is 34.1 Å². The Balaban J connectivity index is 4.66. The summed E-state index contributed by atoms with van der Waals surface area (Å²) in [6.07, 6.45) is 2.34. The smallest absolute Gasteiger partial charge is 0.358 e. The average molecular weight is 277 g/mol. The summed E-state index contributed by atoms with van der Waals surface area (Å²) < 4.78 is 0. The predicted octanol–water partition coefficient (Wildman–Crippen LogP) is 3.40. The quantitative estimate of drug-likeness (QED) is 0.342. The van der Waals surface area contributed by atoms with Gasteiger partial charge >= 0.3 is 5.82 Å². The minimum Gasteiger partial charge on any atom is -0.358 e. The van der Waals surface area contributed by atoms with Crippen molar-refractivity contribution in [2.75, 3.05) is 5.33 Å². The molecule has 4 nitrogen and oxygen atoms in total. The lowest BCUT2D eigenvalue weighted by Gasteiger charge is -2.12. The van der Waals surface area contributed by atoms with Gasteiger partial charge in [-0.25, -0.2) is 0 Å². The first kappa shape index (κ1) is 14.3. The van der Waals surface area contributed by atoms with Crippen LogP contribution in [0.25, 0.3) is 0 Å². The molecule has 0 rings (SSSR count). The van der Waals surface area contributed by atoms with Crippen molar-refractivity contribution in [3.05, 3.63) is 21.5 Å². The van der Waals surface area contributed by atoms with Crippen LogP contribution in [-0.4, -0.2) is 16.5 Å². The largest absolute Gasteiger partial charge is 0.362 e. The molecule has 0 bridgehead atoms. The highest BCUT2D eigenvalue weighted by Crippen LogP contribution is 2.17. The summed E-state index contributed by atoms with van der Waals surface area (Å²) in [4.78, 5) is 14.1. The Bertz CT molecular complexity index is 290. The molecule has 0 aromatic carbocycles. The van der Waals surface area contributed by atoms with E-state index >= 15 is 0 Å². The molecule has 0 unspecified atom stereocenters. The Labute approximate surface area is 98.7 Å². The Hall–Kier alpha value is -0.710. The third-order valence-corrected chi connectivity index (χ3v) is 2.51. The predicted molar refractivity (Wildman–Crippen MR) is 66.1 cm³/mol. The first-order valence-electron chi connectivity index (χ1n) is 4.70. The van der Waals surface area contributed by atoms with E-state index in [-0.39, 0.29) is 11.2 Å². The van der Waals surface area contributed by atoms with Gasteiger partial charge in [0.05, 0.1) is 0 Å². The summed E-state index contributed by atoms with van der Waals surface area (Å²) in [6, 6.07) is 0. The van der Waals surface area contributed by atoms with E-state index in [1.807, 2.05) is 0 Å². The Morgan fingerprint density at radius 3 is 2.40 bits per heavy atom. The lowest BCUT2D eigenvalue weighted by Crippen LogP contribution is -2.06. The maximum Gasteiger partial charge on any atom is 0.362 e. The van der Waals surface area contributed by atoms with E-state index in [1.54, 1.807) is 13.1 Å². The molecule has 0 aromatic rings. The maximum absolute atomic E-state index is 10.7. The molecule has 15 heavy (non-hydrogen) atoms. The summed E-state index contributed by atoms with van der Waals surface area (Å²) in [5.41, 5.74) is 0.734. The zero-order valence-electron chi connectivity index (χ0n) is 9.58. The van der Waals surface area contributed by atoms with Crippen LogP contribution in [0, 0.1) is 15.5 Å². The van der Waals surface area contributed by atoms with Crippen molar-refractivity contribution in [3.63, 3.8) is 0 Å². The first-order valence-corrected chi connectivity index (χ1v) is 5.82. The van der Waals surface area contributed by atoms with Gasteiger partial charge in [-0.1, -0.05) is 41.7 Å². The van der Waals surface area contributed by atoms with Gasteiger partial charge in [0.1, 0.15) is 6.21 Å². The number of aliphatic imine (C=N–C) groups is 1. The van der Waals surface area contributed by atoms with Crippen LogP contribution in [0.2, 0.25) is 0 Å². The fourth-order valence-corrected chi connectivity index (χ4v) is 1.03. The van der Waals surface area contributed by atoms with Crippen LogP contribution in [0.3, 0.4) is 0 Å². The second-order valence-electron chi connectivity index (χ2n) is 4.57. The zero-order chi connectivity index (χ0) is 12.1. The minimum atomic E-state index is -0.449. The minimum absolute atomic E-state index is 0.0591. The SMILES string of the molecule is C/C(CBr)=C(\N=C/CC(C)(C)C)[N+](=O)[O-]. The summed E-state index contributed by atoms with van der Waals surface area (Å²) in [5, 5.41) is 11.1. The van der Waals surface area contributed by atoms with Gasteiger partial charge in [-0.2, -0.15) is 0 Å². The van der Waals surface area contributed by atoms with Gasteiger partial charge in [0.15, 0.2) is 0 Å². The summed E-state index contributed by atoms with van der Waals surface area (Å²) in [5.74, 6) is -0.0591. The van der Waals surface area contributed by atoms with Crippen LogP contribution in [0.15, 0.2) is 16.4 Å². The Kier molecular flexibility index (Phi) is 5.72. The highest BCUT2D eigenvalue weighted by atomic mass is 79.9. The van der Waals surface area contributed by atoms with Gasteiger partial charge in [0, 0.05) is 17.3 Å². The van der Waals surface area contributed by atoms with E-state index in [4.69, 9.17) is 0 Å². The molecular formula is C10H17BrN2O2. The molecule has 0 amide bonds. The standard InChI is InChI=1S/C10H17BrN2O2/c1-8(7-11)9(13(14)15)12-6-5-10(2,3)4/h6H,5,7H2,1-4H3/b9-8-,12-6-. The van der Waals surface area contributed by atoms with Gasteiger partial charge in [-0.05, 0) is 17.3 Å². The van der Waals surface area contributed by atoms with Crippen molar-refractivity contribution < 1.29 is 4.92 Å². The lowest BCUT2D eigenvalue weighted by atomic mass is 9.93. The summed E-state index contributed by atoms with van der Waals surface area (Å²) in [6.45, 7) is 7.88. The molecule has 0 aliphatic rings. The topological polar surface area (TPSA) is 55.5 Å². The number of halogens is 1. The molecule has 0 spiro atoms. The number of hydrogen-bond acceptors (Lipinski definition) is 3. The number of nitrogens with zero attached hydrogens (tertiary/aromatic N) is 2. The second-order valence-corrected chi connectivity index (χ2v) is 5.13. The summed E-state index contributed by atoms with van der Waals surface area (Å²) in [7, 11) is 0. The van der Waals surface area contributed by atoms with Crippen molar-refractivity contribution in [2.45, 2.75) is 34.1 Å². The van der Waals surface area contributed by atoms with E-state index in [9.17, 15) is 10.1 Å². The molecule has 5 heteroatoms. The second kappa shape index (κ2) is 6.00. The van der Waals surface area contributed by atoms with E-state index in [0.29, 0.717) is 10.9 Å². The zero-order valence-corrected chi connectivity index (χ0v) is 11.2. The number of rotatable bonds is 4. The van der Waals surface area contributed by atoms with Crippen molar-refractivity contribution in [3.8, 4) is 0 Å². The molecule has 0 atom stereocenters. The number of alkyl halides is 1. The lowest BCUT2D eigenvalue weighted by molar-refractivity contribution is -0.427. The van der Waals surface area contributed by atoms with Gasteiger partial charge < -0.3 is 10.1 Å². The molecule has 0 saturated carbocycles. The molecule has 0 fully saturated rings. The molecule has 0 aromatic heterocycles. The van der Waals surface area contributed by atoms with Crippen LogP contribution >= 0.6 is 15.9 Å². The van der Waals surface area contributed by atoms with Gasteiger partial charge in [0.2, 0.25) is 0 Å². The third kappa shape index (κ3) is 6.38. The van der Waals surface area contributed by atoms with Gasteiger partial charge in [-0.3, -0.25) is 0 Å². The van der Waals surface area contributed by atoms with Crippen molar-refractivity contribution in [1.29, 1.82) is 0 Å². The number of nitro groups is 1. The van der Waals surface area contributed by atoms with E-state index in [1.165, 1.54) is 0 Å². The van der Waals surface area contributed by atoms with Crippen LogP contribution in [-0.2, 0) is 0 Å². The van der Waals surface area contributed by atoms with Gasteiger partial charge in [-0.15, -0.1) is 0 Å². The van der Waals surface area contributed by atoms with E-state index in [0.717, 1.165) is 6.42 Å². The molecule has 0 aliphatic carbocycles. The van der Waals surface area contributed by atoms with Crippen molar-refractivity contribution in [2.24, 2.45) is 10.4 Å². The molecule has 0 aliphatic heterocycles. The fourth-order valence-electron chi connectivity index (χ4n) is 0.779. The van der Waals surface area contributed by atoms with Crippen LogP contribution < -0.4 is 0 Å². The van der Waals surface area contributed by atoms with Crippen LogP contribution in [0.5, 0.6) is 0 Å². The molecule has 0 N–H and O–H groups in total. The van der Waals surface area contributed by atoms with E-state index < -0.39 is 4.92 Å². The molecule has 86 valence electrons. The first-order chi connectivity index (χ1) is 6.78. The number of allylic oxidation sites excluding steroid dienone is 1.